The van der Waals surface area contributed by atoms with Crippen molar-refractivity contribution in [3.8, 4) is 5.75 Å². The van der Waals surface area contributed by atoms with E-state index in [-0.39, 0.29) is 5.91 Å². The summed E-state index contributed by atoms with van der Waals surface area (Å²) in [5.74, 6) is 0.374. The van der Waals surface area contributed by atoms with Gasteiger partial charge in [-0.2, -0.15) is 0 Å². The average Bonchev–Trinajstić information content (AvgIpc) is 2.64. The number of hydrogen-bond acceptors (Lipinski definition) is 4. The van der Waals surface area contributed by atoms with Gasteiger partial charge in [0.05, 0.1) is 29.6 Å². The molecule has 0 radical (unpaired) electrons. The predicted molar refractivity (Wildman–Crippen MR) is 105 cm³/mol. The van der Waals surface area contributed by atoms with Crippen molar-refractivity contribution in [2.24, 2.45) is 0 Å². The number of carbonyl (C=O) groups excluding carboxylic acids is 1. The summed E-state index contributed by atoms with van der Waals surface area (Å²) in [6.07, 6.45) is 3.16. The first-order valence-electron chi connectivity index (χ1n) is 7.99. The Balaban J connectivity index is 1.74. The average molecular weight is 368 g/mol. The van der Waals surface area contributed by atoms with Crippen LogP contribution in [0.25, 0.3) is 0 Å². The van der Waals surface area contributed by atoms with Crippen LogP contribution in [0.2, 0.25) is 5.02 Å². The summed E-state index contributed by atoms with van der Waals surface area (Å²) in [6.45, 7) is 2.00. The van der Waals surface area contributed by atoms with E-state index in [1.807, 2.05) is 37.3 Å². The van der Waals surface area contributed by atoms with Crippen LogP contribution < -0.4 is 15.4 Å². The van der Waals surface area contributed by atoms with E-state index < -0.39 is 0 Å². The Kier molecular flexibility index (Phi) is 5.39. The zero-order chi connectivity index (χ0) is 18.5. The maximum atomic E-state index is 12.4. The summed E-state index contributed by atoms with van der Waals surface area (Å²) >= 11 is 6.13. The summed E-state index contributed by atoms with van der Waals surface area (Å²) in [5, 5.41) is 6.54. The number of rotatable bonds is 5. The van der Waals surface area contributed by atoms with Crippen molar-refractivity contribution in [2.75, 3.05) is 17.7 Å². The van der Waals surface area contributed by atoms with Gasteiger partial charge in [-0.1, -0.05) is 29.3 Å². The standard InChI is InChI=1S/C20H18ClN3O2/c1-13-3-5-15(6-4-13)24-20(25)14-9-17(12-22-11-14)23-16-7-8-19(26-2)18(21)10-16/h3-12,23H,1-2H3,(H,24,25). The van der Waals surface area contributed by atoms with Gasteiger partial charge in [-0.3, -0.25) is 9.78 Å². The van der Waals surface area contributed by atoms with Crippen LogP contribution in [0.3, 0.4) is 0 Å². The largest absolute Gasteiger partial charge is 0.495 e. The summed E-state index contributed by atoms with van der Waals surface area (Å²) < 4.78 is 5.14. The highest BCUT2D eigenvalue weighted by Crippen LogP contribution is 2.28. The lowest BCUT2D eigenvalue weighted by Gasteiger charge is -2.10. The zero-order valence-electron chi connectivity index (χ0n) is 14.4. The molecule has 26 heavy (non-hydrogen) atoms. The maximum absolute atomic E-state index is 12.4. The molecule has 132 valence electrons. The summed E-state index contributed by atoms with van der Waals surface area (Å²) in [6, 6.07) is 14.7. The van der Waals surface area contributed by atoms with Crippen molar-refractivity contribution in [3.05, 3.63) is 77.1 Å². The number of nitrogens with zero attached hydrogens (tertiary/aromatic N) is 1. The number of hydrogen-bond donors (Lipinski definition) is 2. The molecule has 0 saturated carbocycles. The quantitative estimate of drug-likeness (QED) is 0.662. The van der Waals surface area contributed by atoms with Crippen LogP contribution >= 0.6 is 11.6 Å². The van der Waals surface area contributed by atoms with E-state index in [2.05, 4.69) is 15.6 Å². The van der Waals surface area contributed by atoms with Crippen molar-refractivity contribution in [2.45, 2.75) is 6.92 Å². The van der Waals surface area contributed by atoms with Crippen LogP contribution in [0.4, 0.5) is 17.1 Å². The lowest BCUT2D eigenvalue weighted by molar-refractivity contribution is 0.102. The molecular weight excluding hydrogens is 350 g/mol. The molecule has 0 aliphatic heterocycles. The number of methoxy groups -OCH3 is 1. The number of nitrogens with one attached hydrogen (secondary N) is 2. The minimum Gasteiger partial charge on any atom is -0.495 e. The number of carbonyl (C=O) groups is 1. The van der Waals surface area contributed by atoms with E-state index in [1.54, 1.807) is 31.5 Å². The molecule has 0 aliphatic rings. The van der Waals surface area contributed by atoms with E-state index in [9.17, 15) is 4.79 Å². The topological polar surface area (TPSA) is 63.2 Å². The molecular formula is C20H18ClN3O2. The number of aryl methyl sites for hydroxylation is 1. The maximum Gasteiger partial charge on any atom is 0.257 e. The van der Waals surface area contributed by atoms with Gasteiger partial charge < -0.3 is 15.4 Å². The lowest BCUT2D eigenvalue weighted by Crippen LogP contribution is -2.12. The predicted octanol–water partition coefficient (Wildman–Crippen LogP) is 5.05. The van der Waals surface area contributed by atoms with E-state index >= 15 is 0 Å². The molecule has 1 heterocycles. The molecule has 6 heteroatoms. The van der Waals surface area contributed by atoms with Crippen LogP contribution in [0.5, 0.6) is 5.75 Å². The minimum atomic E-state index is -0.224. The molecule has 3 rings (SSSR count). The Bertz CT molecular complexity index is 927. The van der Waals surface area contributed by atoms with Crippen molar-refractivity contribution in [1.29, 1.82) is 0 Å². The van der Waals surface area contributed by atoms with E-state index in [0.717, 1.165) is 16.9 Å². The summed E-state index contributed by atoms with van der Waals surface area (Å²) in [4.78, 5) is 16.6. The number of aromatic nitrogens is 1. The highest BCUT2D eigenvalue weighted by Gasteiger charge is 2.08. The highest BCUT2D eigenvalue weighted by atomic mass is 35.5. The molecule has 5 nitrogen and oxygen atoms in total. The SMILES string of the molecule is COc1ccc(Nc2cncc(C(=O)Nc3ccc(C)cc3)c2)cc1Cl. The minimum absolute atomic E-state index is 0.224. The molecule has 0 bridgehead atoms. The van der Waals surface area contributed by atoms with Gasteiger partial charge in [0.2, 0.25) is 0 Å². The molecule has 2 aromatic carbocycles. The molecule has 1 amide bonds. The first-order valence-corrected chi connectivity index (χ1v) is 8.36. The van der Waals surface area contributed by atoms with Gasteiger partial charge in [0.1, 0.15) is 5.75 Å². The van der Waals surface area contributed by atoms with E-state index in [1.165, 1.54) is 6.20 Å². The zero-order valence-corrected chi connectivity index (χ0v) is 15.2. The highest BCUT2D eigenvalue weighted by molar-refractivity contribution is 6.32. The molecule has 0 saturated heterocycles. The molecule has 0 fully saturated rings. The number of anilines is 3. The molecule has 2 N–H and O–H groups in total. The van der Waals surface area contributed by atoms with Gasteiger partial charge in [0, 0.05) is 17.6 Å². The van der Waals surface area contributed by atoms with Crippen molar-refractivity contribution in [3.63, 3.8) is 0 Å². The third-order valence-corrected chi connectivity index (χ3v) is 4.05. The Labute approximate surface area is 157 Å². The van der Waals surface area contributed by atoms with Gasteiger partial charge in [0.25, 0.3) is 5.91 Å². The van der Waals surface area contributed by atoms with Gasteiger partial charge in [-0.05, 0) is 43.3 Å². The Hall–Kier alpha value is -3.05. The molecule has 0 atom stereocenters. The second-order valence-electron chi connectivity index (χ2n) is 5.76. The second kappa shape index (κ2) is 7.89. The van der Waals surface area contributed by atoms with Crippen molar-refractivity contribution >= 4 is 34.6 Å². The molecule has 1 aromatic heterocycles. The van der Waals surface area contributed by atoms with Crippen molar-refractivity contribution < 1.29 is 9.53 Å². The van der Waals surface area contributed by atoms with Gasteiger partial charge in [0.15, 0.2) is 0 Å². The van der Waals surface area contributed by atoms with Crippen LogP contribution in [0, 0.1) is 6.92 Å². The van der Waals surface area contributed by atoms with Crippen LogP contribution in [0.1, 0.15) is 15.9 Å². The van der Waals surface area contributed by atoms with E-state index in [4.69, 9.17) is 16.3 Å². The monoisotopic (exact) mass is 367 g/mol. The van der Waals surface area contributed by atoms with Crippen LogP contribution in [-0.4, -0.2) is 18.0 Å². The first-order chi connectivity index (χ1) is 12.5. The van der Waals surface area contributed by atoms with Crippen LogP contribution in [0.15, 0.2) is 60.9 Å². The normalized spacial score (nSPS) is 10.3. The Morgan fingerprint density at radius 1 is 1.00 bits per heavy atom. The fourth-order valence-corrected chi connectivity index (χ4v) is 2.64. The van der Waals surface area contributed by atoms with Crippen molar-refractivity contribution in [1.82, 2.24) is 4.98 Å². The molecule has 0 unspecified atom stereocenters. The number of amides is 1. The molecule has 0 aliphatic carbocycles. The number of pyridine rings is 1. The fraction of sp³-hybridized carbons (Fsp3) is 0.100. The summed E-state index contributed by atoms with van der Waals surface area (Å²) in [7, 11) is 1.56. The third kappa shape index (κ3) is 4.32. The lowest BCUT2D eigenvalue weighted by atomic mass is 10.2. The molecule has 0 spiro atoms. The fourth-order valence-electron chi connectivity index (χ4n) is 2.38. The second-order valence-corrected chi connectivity index (χ2v) is 6.16. The van der Waals surface area contributed by atoms with E-state index in [0.29, 0.717) is 22.0 Å². The van der Waals surface area contributed by atoms with Gasteiger partial charge >= 0.3 is 0 Å². The number of ether oxygens (including phenoxy) is 1. The summed E-state index contributed by atoms with van der Waals surface area (Å²) in [5.41, 5.74) is 3.78. The third-order valence-electron chi connectivity index (χ3n) is 3.75. The van der Waals surface area contributed by atoms with Gasteiger partial charge in [-0.15, -0.1) is 0 Å². The van der Waals surface area contributed by atoms with Gasteiger partial charge in [-0.25, -0.2) is 0 Å². The number of benzene rings is 2. The molecule has 3 aromatic rings. The number of halogens is 1. The Morgan fingerprint density at radius 3 is 2.42 bits per heavy atom. The smallest absolute Gasteiger partial charge is 0.257 e. The van der Waals surface area contributed by atoms with Crippen LogP contribution in [-0.2, 0) is 0 Å². The Morgan fingerprint density at radius 2 is 1.73 bits per heavy atom. The first kappa shape index (κ1) is 17.8.